The van der Waals surface area contributed by atoms with Gasteiger partial charge in [-0.15, -0.1) is 0 Å². The van der Waals surface area contributed by atoms with E-state index in [0.29, 0.717) is 23.5 Å². The Balaban J connectivity index is 1.47. The molecule has 0 saturated carbocycles. The third-order valence-electron chi connectivity index (χ3n) is 4.69. The second-order valence-corrected chi connectivity index (χ2v) is 9.02. The standard InChI is InChI=1S/C24H25N3O5S/c1-25-33(30,31)22-13-10-18(11-14-22)12-15-23(28)27-20-8-5-9-21(16-20)32-17-24(29)26-19-6-3-2-4-7-19/h2-11,13-14,16,25H,12,15,17H2,1H3,(H,26,29)(H,27,28). The SMILES string of the molecule is CNS(=O)(=O)c1ccc(CCC(=O)Nc2cccc(OCC(=O)Nc3ccccc3)c2)cc1. The van der Waals surface area contributed by atoms with Gasteiger partial charge in [-0.1, -0.05) is 36.4 Å². The fourth-order valence-corrected chi connectivity index (χ4v) is 3.70. The Labute approximate surface area is 193 Å². The highest BCUT2D eigenvalue weighted by atomic mass is 32.2. The van der Waals surface area contributed by atoms with Gasteiger partial charge in [-0.2, -0.15) is 0 Å². The van der Waals surface area contributed by atoms with Crippen LogP contribution in [0.5, 0.6) is 5.75 Å². The Bertz CT molecular complexity index is 1200. The molecule has 33 heavy (non-hydrogen) atoms. The number of aryl methyl sites for hydroxylation is 1. The lowest BCUT2D eigenvalue weighted by molar-refractivity contribution is -0.118. The number of anilines is 2. The van der Waals surface area contributed by atoms with Crippen molar-refractivity contribution in [3.8, 4) is 5.75 Å². The molecule has 0 aliphatic rings. The van der Waals surface area contributed by atoms with E-state index in [1.807, 2.05) is 18.2 Å². The van der Waals surface area contributed by atoms with Crippen LogP contribution in [-0.2, 0) is 26.0 Å². The molecule has 0 bridgehead atoms. The summed E-state index contributed by atoms with van der Waals surface area (Å²) in [4.78, 5) is 24.5. The molecule has 3 aromatic carbocycles. The van der Waals surface area contributed by atoms with Crippen LogP contribution < -0.4 is 20.1 Å². The van der Waals surface area contributed by atoms with Crippen molar-refractivity contribution in [2.75, 3.05) is 24.3 Å². The number of ether oxygens (including phenoxy) is 1. The zero-order chi connectivity index (χ0) is 23.7. The number of nitrogens with one attached hydrogen (secondary N) is 3. The highest BCUT2D eigenvalue weighted by Crippen LogP contribution is 2.18. The van der Waals surface area contributed by atoms with Crippen LogP contribution in [0.4, 0.5) is 11.4 Å². The zero-order valence-corrected chi connectivity index (χ0v) is 18.9. The van der Waals surface area contributed by atoms with Crippen molar-refractivity contribution in [2.24, 2.45) is 0 Å². The number of hydrogen-bond acceptors (Lipinski definition) is 5. The third-order valence-corrected chi connectivity index (χ3v) is 6.12. The van der Waals surface area contributed by atoms with Crippen molar-refractivity contribution in [3.63, 3.8) is 0 Å². The number of carbonyl (C=O) groups excluding carboxylic acids is 2. The van der Waals surface area contributed by atoms with Crippen LogP contribution in [-0.4, -0.2) is 33.9 Å². The lowest BCUT2D eigenvalue weighted by atomic mass is 10.1. The van der Waals surface area contributed by atoms with Crippen LogP contribution in [0.25, 0.3) is 0 Å². The average molecular weight is 468 g/mol. The Morgan fingerprint density at radius 3 is 2.18 bits per heavy atom. The quantitative estimate of drug-likeness (QED) is 0.424. The van der Waals surface area contributed by atoms with Gasteiger partial charge >= 0.3 is 0 Å². The number of para-hydroxylation sites is 1. The number of carbonyl (C=O) groups is 2. The third kappa shape index (κ3) is 7.44. The molecule has 0 aromatic heterocycles. The molecule has 0 aliphatic carbocycles. The van der Waals surface area contributed by atoms with Gasteiger partial charge in [0.2, 0.25) is 15.9 Å². The number of benzene rings is 3. The summed E-state index contributed by atoms with van der Waals surface area (Å²) in [6.07, 6.45) is 0.685. The monoisotopic (exact) mass is 467 g/mol. The maximum absolute atomic E-state index is 12.3. The molecule has 0 unspecified atom stereocenters. The molecule has 0 fully saturated rings. The molecular formula is C24H25N3O5S. The molecular weight excluding hydrogens is 442 g/mol. The largest absolute Gasteiger partial charge is 0.484 e. The zero-order valence-electron chi connectivity index (χ0n) is 18.1. The van der Waals surface area contributed by atoms with Gasteiger partial charge in [-0.3, -0.25) is 9.59 Å². The summed E-state index contributed by atoms with van der Waals surface area (Å²) in [5, 5.41) is 5.54. The summed E-state index contributed by atoms with van der Waals surface area (Å²) < 4.78 is 31.3. The predicted molar refractivity (Wildman–Crippen MR) is 127 cm³/mol. The summed E-state index contributed by atoms with van der Waals surface area (Å²) >= 11 is 0. The summed E-state index contributed by atoms with van der Waals surface area (Å²) in [6, 6.07) is 22.3. The lowest BCUT2D eigenvalue weighted by Gasteiger charge is -2.10. The van der Waals surface area contributed by atoms with Gasteiger partial charge in [0.05, 0.1) is 4.90 Å². The normalized spacial score (nSPS) is 10.9. The van der Waals surface area contributed by atoms with E-state index in [1.165, 1.54) is 19.2 Å². The minimum Gasteiger partial charge on any atom is -0.484 e. The molecule has 0 heterocycles. The second kappa shape index (κ2) is 11.3. The molecule has 0 aliphatic heterocycles. The van der Waals surface area contributed by atoms with Gasteiger partial charge in [-0.05, 0) is 55.4 Å². The first-order chi connectivity index (χ1) is 15.9. The van der Waals surface area contributed by atoms with Crippen molar-refractivity contribution >= 4 is 33.2 Å². The molecule has 3 N–H and O–H groups in total. The molecule has 0 atom stereocenters. The van der Waals surface area contributed by atoms with Crippen LogP contribution in [0.1, 0.15) is 12.0 Å². The molecule has 3 aromatic rings. The highest BCUT2D eigenvalue weighted by molar-refractivity contribution is 7.89. The van der Waals surface area contributed by atoms with E-state index in [2.05, 4.69) is 15.4 Å². The van der Waals surface area contributed by atoms with Crippen molar-refractivity contribution < 1.29 is 22.7 Å². The molecule has 0 saturated heterocycles. The summed E-state index contributed by atoms with van der Waals surface area (Å²) in [5.41, 5.74) is 2.09. The first-order valence-corrected chi connectivity index (χ1v) is 11.7. The first kappa shape index (κ1) is 24.0. The summed E-state index contributed by atoms with van der Waals surface area (Å²) in [7, 11) is -2.13. The maximum atomic E-state index is 12.3. The van der Waals surface area contributed by atoms with Crippen molar-refractivity contribution in [1.82, 2.24) is 4.72 Å². The maximum Gasteiger partial charge on any atom is 0.262 e. The average Bonchev–Trinajstić information content (AvgIpc) is 2.82. The van der Waals surface area contributed by atoms with Crippen LogP contribution in [0.2, 0.25) is 0 Å². The van der Waals surface area contributed by atoms with Crippen LogP contribution in [0, 0.1) is 0 Å². The fraction of sp³-hybridized carbons (Fsp3) is 0.167. The summed E-state index contributed by atoms with van der Waals surface area (Å²) in [6.45, 7) is -0.161. The van der Waals surface area contributed by atoms with E-state index in [4.69, 9.17) is 4.74 Å². The molecule has 172 valence electrons. The second-order valence-electron chi connectivity index (χ2n) is 7.13. The van der Waals surface area contributed by atoms with Gasteiger partial charge in [0.1, 0.15) is 5.75 Å². The van der Waals surface area contributed by atoms with Gasteiger partial charge in [0.15, 0.2) is 6.61 Å². The molecule has 0 spiro atoms. The predicted octanol–water partition coefficient (Wildman–Crippen LogP) is 3.18. The number of rotatable bonds is 10. The van der Waals surface area contributed by atoms with Crippen molar-refractivity contribution in [2.45, 2.75) is 17.7 Å². The van der Waals surface area contributed by atoms with Crippen molar-refractivity contribution in [1.29, 1.82) is 0 Å². The Morgan fingerprint density at radius 2 is 1.48 bits per heavy atom. The Morgan fingerprint density at radius 1 is 0.818 bits per heavy atom. The van der Waals surface area contributed by atoms with Gasteiger partial charge in [0, 0.05) is 23.9 Å². The van der Waals surface area contributed by atoms with E-state index in [-0.39, 0.29) is 29.7 Å². The molecule has 3 rings (SSSR count). The van der Waals surface area contributed by atoms with E-state index in [0.717, 1.165) is 5.56 Å². The van der Waals surface area contributed by atoms with Crippen molar-refractivity contribution in [3.05, 3.63) is 84.4 Å². The van der Waals surface area contributed by atoms with Crippen LogP contribution in [0.3, 0.4) is 0 Å². The molecule has 0 radical (unpaired) electrons. The molecule has 8 nitrogen and oxygen atoms in total. The minimum atomic E-state index is -3.48. The highest BCUT2D eigenvalue weighted by Gasteiger charge is 2.11. The molecule has 2 amide bonds. The molecule has 9 heteroatoms. The van der Waals surface area contributed by atoms with Crippen LogP contribution >= 0.6 is 0 Å². The lowest BCUT2D eigenvalue weighted by Crippen LogP contribution is -2.20. The fourth-order valence-electron chi connectivity index (χ4n) is 2.97. The van der Waals surface area contributed by atoms with Gasteiger partial charge in [0.25, 0.3) is 5.91 Å². The minimum absolute atomic E-state index is 0.161. The first-order valence-electron chi connectivity index (χ1n) is 10.3. The van der Waals surface area contributed by atoms with E-state index >= 15 is 0 Å². The topological polar surface area (TPSA) is 114 Å². The smallest absolute Gasteiger partial charge is 0.262 e. The Kier molecular flexibility index (Phi) is 8.17. The van der Waals surface area contributed by atoms with E-state index in [1.54, 1.807) is 48.5 Å². The number of sulfonamides is 1. The van der Waals surface area contributed by atoms with E-state index in [9.17, 15) is 18.0 Å². The van der Waals surface area contributed by atoms with E-state index < -0.39 is 10.0 Å². The van der Waals surface area contributed by atoms with Gasteiger partial charge in [-0.25, -0.2) is 13.1 Å². The Hall–Kier alpha value is -3.69. The van der Waals surface area contributed by atoms with Crippen LogP contribution in [0.15, 0.2) is 83.8 Å². The number of hydrogen-bond donors (Lipinski definition) is 3. The summed E-state index contributed by atoms with van der Waals surface area (Å²) in [5.74, 6) is -0.0255. The number of amides is 2. The van der Waals surface area contributed by atoms with Gasteiger partial charge < -0.3 is 15.4 Å².